The van der Waals surface area contributed by atoms with Crippen molar-refractivity contribution in [1.82, 2.24) is 14.8 Å². The number of nitrogens with one attached hydrogen (secondary N) is 1. The third-order valence-corrected chi connectivity index (χ3v) is 4.50. The number of nitrogens with zero attached hydrogens (tertiary/aromatic N) is 2. The molecule has 7 heteroatoms. The number of benzene rings is 1. The van der Waals surface area contributed by atoms with Gasteiger partial charge >= 0.3 is 6.03 Å². The van der Waals surface area contributed by atoms with Crippen molar-refractivity contribution in [3.8, 4) is 5.69 Å². The molecule has 0 unspecified atom stereocenters. The van der Waals surface area contributed by atoms with Gasteiger partial charge in [-0.2, -0.15) is 0 Å². The highest BCUT2D eigenvalue weighted by atomic mass is 35.5. The lowest BCUT2D eigenvalue weighted by Crippen LogP contribution is -2.30. The summed E-state index contributed by atoms with van der Waals surface area (Å²) in [6, 6.07) is 5.98. The minimum atomic E-state index is -0.478. The highest BCUT2D eigenvalue weighted by Crippen LogP contribution is 2.26. The van der Waals surface area contributed by atoms with E-state index in [2.05, 4.69) is 5.32 Å². The SMILES string of the molecule is CCN1C(=O)N/C(=C/c2cc(C)n(-c3ccc(F)c(Cl)c3)c2C)C1=O. The Balaban J connectivity index is 2.03. The molecule has 0 atom stereocenters. The zero-order chi connectivity index (χ0) is 18.3. The summed E-state index contributed by atoms with van der Waals surface area (Å²) in [5.41, 5.74) is 3.51. The molecule has 0 aliphatic carbocycles. The van der Waals surface area contributed by atoms with E-state index in [9.17, 15) is 14.0 Å². The first-order chi connectivity index (χ1) is 11.8. The maximum absolute atomic E-state index is 13.4. The van der Waals surface area contributed by atoms with E-state index >= 15 is 0 Å². The van der Waals surface area contributed by atoms with Crippen LogP contribution in [-0.4, -0.2) is 28.0 Å². The zero-order valence-corrected chi connectivity index (χ0v) is 14.8. The second-order valence-electron chi connectivity index (χ2n) is 5.80. The van der Waals surface area contributed by atoms with Crippen LogP contribution in [0.15, 0.2) is 30.0 Å². The molecular formula is C18H17ClFN3O2. The Hall–Kier alpha value is -2.60. The van der Waals surface area contributed by atoms with Gasteiger partial charge in [-0.15, -0.1) is 0 Å². The number of hydrogen-bond acceptors (Lipinski definition) is 2. The molecule has 2 aromatic rings. The van der Waals surface area contributed by atoms with E-state index in [1.54, 1.807) is 25.1 Å². The van der Waals surface area contributed by atoms with E-state index in [-0.39, 0.29) is 16.6 Å². The molecule has 25 heavy (non-hydrogen) atoms. The lowest BCUT2D eigenvalue weighted by Gasteiger charge is -2.10. The van der Waals surface area contributed by atoms with Gasteiger partial charge in [-0.1, -0.05) is 11.6 Å². The minimum Gasteiger partial charge on any atom is -0.318 e. The summed E-state index contributed by atoms with van der Waals surface area (Å²) in [6.45, 7) is 5.84. The van der Waals surface area contributed by atoms with E-state index in [4.69, 9.17) is 11.6 Å². The highest BCUT2D eigenvalue weighted by molar-refractivity contribution is 6.30. The largest absolute Gasteiger partial charge is 0.328 e. The molecule has 3 amide bonds. The fraction of sp³-hybridized carbons (Fsp3) is 0.222. The van der Waals surface area contributed by atoms with Gasteiger partial charge in [0.15, 0.2) is 0 Å². The Kier molecular flexibility index (Phi) is 4.39. The molecule has 1 aromatic carbocycles. The van der Waals surface area contributed by atoms with Crippen LogP contribution in [0.3, 0.4) is 0 Å². The van der Waals surface area contributed by atoms with E-state index in [0.717, 1.165) is 27.5 Å². The van der Waals surface area contributed by atoms with Crippen molar-refractivity contribution in [2.24, 2.45) is 0 Å². The van der Waals surface area contributed by atoms with Crippen LogP contribution in [0.1, 0.15) is 23.9 Å². The number of aromatic nitrogens is 1. The lowest BCUT2D eigenvalue weighted by atomic mass is 10.2. The van der Waals surface area contributed by atoms with Crippen LogP contribution >= 0.6 is 11.6 Å². The van der Waals surface area contributed by atoms with Crippen LogP contribution in [-0.2, 0) is 4.79 Å². The summed E-state index contributed by atoms with van der Waals surface area (Å²) in [4.78, 5) is 25.1. The van der Waals surface area contributed by atoms with Crippen molar-refractivity contribution >= 4 is 29.6 Å². The number of urea groups is 1. The van der Waals surface area contributed by atoms with E-state index < -0.39 is 11.8 Å². The van der Waals surface area contributed by atoms with Gasteiger partial charge in [0.2, 0.25) is 0 Å². The van der Waals surface area contributed by atoms with Crippen LogP contribution in [0.4, 0.5) is 9.18 Å². The molecule has 1 fully saturated rings. The molecule has 3 rings (SSSR count). The maximum atomic E-state index is 13.4. The fourth-order valence-electron chi connectivity index (χ4n) is 2.97. The van der Waals surface area contributed by atoms with Crippen molar-refractivity contribution in [2.75, 3.05) is 6.54 Å². The normalized spacial score (nSPS) is 16.0. The van der Waals surface area contributed by atoms with Crippen molar-refractivity contribution in [3.05, 3.63) is 57.8 Å². The molecule has 130 valence electrons. The molecule has 0 radical (unpaired) electrons. The monoisotopic (exact) mass is 361 g/mol. The highest BCUT2D eigenvalue weighted by Gasteiger charge is 2.32. The van der Waals surface area contributed by atoms with Crippen molar-refractivity contribution in [3.63, 3.8) is 0 Å². The molecule has 1 aliphatic heterocycles. The molecule has 1 aromatic heterocycles. The Morgan fingerprint density at radius 3 is 2.56 bits per heavy atom. The molecule has 1 aliphatic rings. The van der Waals surface area contributed by atoms with Crippen LogP contribution in [0, 0.1) is 19.7 Å². The van der Waals surface area contributed by atoms with Gasteiger partial charge in [0.25, 0.3) is 5.91 Å². The van der Waals surface area contributed by atoms with Crippen LogP contribution in [0.5, 0.6) is 0 Å². The quantitative estimate of drug-likeness (QED) is 0.667. The average molecular weight is 362 g/mol. The van der Waals surface area contributed by atoms with Gasteiger partial charge in [0, 0.05) is 23.6 Å². The smallest absolute Gasteiger partial charge is 0.318 e. The number of carbonyl (C=O) groups is 2. The number of carbonyl (C=O) groups excluding carboxylic acids is 2. The standard InChI is InChI=1S/C18H17ClFN3O2/c1-4-22-17(24)16(21-18(22)25)8-12-7-10(2)23(11(12)3)13-5-6-15(20)14(19)9-13/h5-9H,4H2,1-3H3,(H,21,25)/b16-8+. The molecule has 2 heterocycles. The van der Waals surface area contributed by atoms with Gasteiger partial charge in [-0.3, -0.25) is 9.69 Å². The maximum Gasteiger partial charge on any atom is 0.328 e. The number of rotatable bonds is 3. The van der Waals surface area contributed by atoms with Gasteiger partial charge in [-0.25, -0.2) is 9.18 Å². The second kappa shape index (κ2) is 6.37. The summed E-state index contributed by atoms with van der Waals surface area (Å²) in [5, 5.41) is 2.63. The number of hydrogen-bond donors (Lipinski definition) is 1. The summed E-state index contributed by atoms with van der Waals surface area (Å²) in [6.07, 6.45) is 1.65. The van der Waals surface area contributed by atoms with Crippen molar-refractivity contribution in [1.29, 1.82) is 0 Å². The Bertz CT molecular complexity index is 917. The average Bonchev–Trinajstić information content (AvgIpc) is 2.99. The van der Waals surface area contributed by atoms with Gasteiger partial charge in [0.05, 0.1) is 5.02 Å². The van der Waals surface area contributed by atoms with E-state index in [1.807, 2.05) is 24.5 Å². The van der Waals surface area contributed by atoms with Crippen molar-refractivity contribution < 1.29 is 14.0 Å². The van der Waals surface area contributed by atoms with Gasteiger partial charge < -0.3 is 9.88 Å². The van der Waals surface area contributed by atoms with Gasteiger partial charge in [-0.05, 0) is 56.7 Å². The molecule has 0 saturated carbocycles. The zero-order valence-electron chi connectivity index (χ0n) is 14.1. The summed E-state index contributed by atoms with van der Waals surface area (Å²) in [7, 11) is 0. The molecule has 5 nitrogen and oxygen atoms in total. The third kappa shape index (κ3) is 2.93. The second-order valence-corrected chi connectivity index (χ2v) is 6.21. The molecular weight excluding hydrogens is 345 g/mol. The Labute approximate surface area is 149 Å². The van der Waals surface area contributed by atoms with Crippen LogP contribution < -0.4 is 5.32 Å². The molecule has 1 N–H and O–H groups in total. The van der Waals surface area contributed by atoms with Gasteiger partial charge in [0.1, 0.15) is 11.5 Å². The number of amides is 3. The Morgan fingerprint density at radius 2 is 1.96 bits per heavy atom. The summed E-state index contributed by atoms with van der Waals surface area (Å²) in [5.74, 6) is -0.823. The predicted octanol–water partition coefficient (Wildman–Crippen LogP) is 3.80. The minimum absolute atomic E-state index is 0.0433. The topological polar surface area (TPSA) is 54.3 Å². The van der Waals surface area contributed by atoms with E-state index in [0.29, 0.717) is 6.54 Å². The first-order valence-corrected chi connectivity index (χ1v) is 8.20. The molecule has 1 saturated heterocycles. The fourth-order valence-corrected chi connectivity index (χ4v) is 3.14. The number of imide groups is 1. The number of aryl methyl sites for hydroxylation is 1. The first kappa shape index (κ1) is 17.2. The molecule has 0 bridgehead atoms. The summed E-state index contributed by atoms with van der Waals surface area (Å²) >= 11 is 5.88. The number of likely N-dealkylation sites (N-methyl/N-ethyl adjacent to an activating group) is 1. The third-order valence-electron chi connectivity index (χ3n) is 4.21. The predicted molar refractivity (Wildman–Crippen MR) is 94.1 cm³/mol. The van der Waals surface area contributed by atoms with Crippen molar-refractivity contribution in [2.45, 2.75) is 20.8 Å². The number of halogens is 2. The van der Waals surface area contributed by atoms with Crippen LogP contribution in [0.25, 0.3) is 11.8 Å². The lowest BCUT2D eigenvalue weighted by molar-refractivity contribution is -0.122. The molecule has 0 spiro atoms. The van der Waals surface area contributed by atoms with Crippen LogP contribution in [0.2, 0.25) is 5.02 Å². The van der Waals surface area contributed by atoms with E-state index in [1.165, 1.54) is 6.07 Å². The first-order valence-electron chi connectivity index (χ1n) is 7.82. The summed E-state index contributed by atoms with van der Waals surface area (Å²) < 4.78 is 15.3. The Morgan fingerprint density at radius 1 is 1.24 bits per heavy atom.